The van der Waals surface area contributed by atoms with Gasteiger partial charge in [-0.15, -0.1) is 5.48 Å². The van der Waals surface area contributed by atoms with Gasteiger partial charge >= 0.3 is 5.97 Å². The molecule has 0 bridgehead atoms. The summed E-state index contributed by atoms with van der Waals surface area (Å²) in [6.07, 6.45) is 3.10. The first-order valence-corrected chi connectivity index (χ1v) is 7.09. The molecule has 1 aromatic carbocycles. The van der Waals surface area contributed by atoms with E-state index >= 15 is 0 Å². The Kier molecular flexibility index (Phi) is 7.87. The van der Waals surface area contributed by atoms with Crippen LogP contribution in [0.2, 0.25) is 0 Å². The first kappa shape index (κ1) is 16.6. The Hall–Kier alpha value is -1.43. The van der Waals surface area contributed by atoms with Crippen molar-refractivity contribution in [1.82, 2.24) is 5.48 Å². The molecule has 0 heterocycles. The van der Waals surface area contributed by atoms with Crippen LogP contribution in [0.5, 0.6) is 0 Å². The fraction of sp³-hybridized carbons (Fsp3) is 0.533. The summed E-state index contributed by atoms with van der Waals surface area (Å²) in [6.45, 7) is 2.58. The van der Waals surface area contributed by atoms with Gasteiger partial charge in [0.2, 0.25) is 0 Å². The highest BCUT2D eigenvalue weighted by atomic mass is 16.7. The maximum absolute atomic E-state index is 11.7. The van der Waals surface area contributed by atoms with E-state index in [4.69, 9.17) is 16.3 Å². The second-order valence-corrected chi connectivity index (χ2v) is 5.02. The quantitative estimate of drug-likeness (QED) is 0.465. The van der Waals surface area contributed by atoms with Crippen molar-refractivity contribution in [2.45, 2.75) is 44.7 Å². The van der Waals surface area contributed by atoms with Crippen molar-refractivity contribution < 1.29 is 9.63 Å². The molecule has 1 unspecified atom stereocenters. The predicted molar refractivity (Wildman–Crippen MR) is 79.7 cm³/mol. The van der Waals surface area contributed by atoms with Crippen LogP contribution in [0.15, 0.2) is 30.3 Å². The maximum Gasteiger partial charge on any atom is 0.341 e. The molecule has 0 aromatic heterocycles. The third-order valence-corrected chi connectivity index (χ3v) is 3.02. The molecule has 112 valence electrons. The van der Waals surface area contributed by atoms with Crippen LogP contribution in [0.3, 0.4) is 0 Å². The first-order valence-electron chi connectivity index (χ1n) is 7.09. The Balaban J connectivity index is 2.22. The largest absolute Gasteiger partial charge is 0.369 e. The summed E-state index contributed by atoms with van der Waals surface area (Å²) < 4.78 is 0. The third kappa shape index (κ3) is 6.65. The van der Waals surface area contributed by atoms with E-state index in [1.54, 1.807) is 0 Å². The summed E-state index contributed by atoms with van der Waals surface area (Å²) >= 11 is 0. The molecule has 5 nitrogen and oxygen atoms in total. The Bertz CT molecular complexity index is 384. The second kappa shape index (κ2) is 9.47. The summed E-state index contributed by atoms with van der Waals surface area (Å²) in [5.41, 5.74) is 15.1. The number of nitrogens with one attached hydrogen (secondary N) is 1. The monoisotopic (exact) mass is 279 g/mol. The minimum Gasteiger partial charge on any atom is -0.369 e. The standard InChI is InChI=1S/C15H25N3O2/c1-12(11-13-7-3-2-4-8-13)18-20-15(19)14(17)9-5-6-10-16/h2-4,7-8,12,14,18H,5-6,9-11,16-17H2,1H3/t12?,14-/m0/s1. The molecule has 0 aliphatic carbocycles. The summed E-state index contributed by atoms with van der Waals surface area (Å²) in [4.78, 5) is 16.7. The van der Waals surface area contributed by atoms with Crippen molar-refractivity contribution in [3.8, 4) is 0 Å². The van der Waals surface area contributed by atoms with Gasteiger partial charge in [0, 0.05) is 6.04 Å². The van der Waals surface area contributed by atoms with E-state index < -0.39 is 12.0 Å². The molecule has 0 aliphatic heterocycles. The van der Waals surface area contributed by atoms with E-state index in [9.17, 15) is 4.79 Å². The highest BCUT2D eigenvalue weighted by molar-refractivity contribution is 5.75. The van der Waals surface area contributed by atoms with Crippen LogP contribution >= 0.6 is 0 Å². The molecule has 0 spiro atoms. The normalized spacial score (nSPS) is 13.8. The lowest BCUT2D eigenvalue weighted by Crippen LogP contribution is -2.39. The van der Waals surface area contributed by atoms with Crippen LogP contribution in [0.4, 0.5) is 0 Å². The number of hydroxylamine groups is 1. The molecule has 0 radical (unpaired) electrons. The van der Waals surface area contributed by atoms with Gasteiger partial charge in [-0.3, -0.25) is 0 Å². The van der Waals surface area contributed by atoms with E-state index in [0.717, 1.165) is 19.3 Å². The number of carbonyl (C=O) groups excluding carboxylic acids is 1. The van der Waals surface area contributed by atoms with Crippen LogP contribution in [-0.4, -0.2) is 24.6 Å². The van der Waals surface area contributed by atoms with Crippen LogP contribution in [0.25, 0.3) is 0 Å². The predicted octanol–water partition coefficient (Wildman–Crippen LogP) is 1.12. The zero-order valence-electron chi connectivity index (χ0n) is 12.0. The summed E-state index contributed by atoms with van der Waals surface area (Å²) in [5.74, 6) is -0.415. The van der Waals surface area contributed by atoms with E-state index in [1.807, 2.05) is 37.3 Å². The number of rotatable bonds is 9. The fourth-order valence-electron chi connectivity index (χ4n) is 1.87. The van der Waals surface area contributed by atoms with Crippen molar-refractivity contribution in [1.29, 1.82) is 0 Å². The van der Waals surface area contributed by atoms with Crippen LogP contribution in [0, 0.1) is 0 Å². The highest BCUT2D eigenvalue weighted by Crippen LogP contribution is 2.03. The molecule has 0 aliphatic rings. The van der Waals surface area contributed by atoms with Crippen molar-refractivity contribution in [2.75, 3.05) is 6.54 Å². The van der Waals surface area contributed by atoms with Gasteiger partial charge in [-0.25, -0.2) is 4.79 Å². The second-order valence-electron chi connectivity index (χ2n) is 5.02. The number of benzene rings is 1. The number of hydrogen-bond donors (Lipinski definition) is 3. The van der Waals surface area contributed by atoms with Crippen LogP contribution in [-0.2, 0) is 16.1 Å². The first-order chi connectivity index (χ1) is 9.63. The van der Waals surface area contributed by atoms with Gasteiger partial charge in [0.15, 0.2) is 0 Å². The highest BCUT2D eigenvalue weighted by Gasteiger charge is 2.16. The number of hydrogen-bond acceptors (Lipinski definition) is 5. The van der Waals surface area contributed by atoms with Gasteiger partial charge < -0.3 is 16.3 Å². The van der Waals surface area contributed by atoms with Gasteiger partial charge in [0.05, 0.1) is 0 Å². The summed E-state index contributed by atoms with van der Waals surface area (Å²) in [5, 5.41) is 0. The zero-order valence-corrected chi connectivity index (χ0v) is 12.0. The zero-order chi connectivity index (χ0) is 14.8. The molecule has 5 N–H and O–H groups in total. The molecule has 0 fully saturated rings. The fourth-order valence-corrected chi connectivity index (χ4v) is 1.87. The Morgan fingerprint density at radius 2 is 2.00 bits per heavy atom. The van der Waals surface area contributed by atoms with Gasteiger partial charge in [0.25, 0.3) is 0 Å². The average Bonchev–Trinajstić information content (AvgIpc) is 2.46. The Morgan fingerprint density at radius 1 is 1.30 bits per heavy atom. The molecule has 2 atom stereocenters. The lowest BCUT2D eigenvalue weighted by Gasteiger charge is -2.16. The Morgan fingerprint density at radius 3 is 2.65 bits per heavy atom. The van der Waals surface area contributed by atoms with Crippen LogP contribution < -0.4 is 16.9 Å². The minimum atomic E-state index is -0.585. The topological polar surface area (TPSA) is 90.4 Å². The molecular formula is C15H25N3O2. The van der Waals surface area contributed by atoms with Crippen molar-refractivity contribution in [2.24, 2.45) is 11.5 Å². The maximum atomic E-state index is 11.7. The van der Waals surface area contributed by atoms with Crippen molar-refractivity contribution in [3.63, 3.8) is 0 Å². The molecule has 0 saturated carbocycles. The number of unbranched alkanes of at least 4 members (excludes halogenated alkanes) is 1. The SMILES string of the molecule is CC(Cc1ccccc1)NOC(=O)[C@@H](N)CCCCN. The molecule has 5 heteroatoms. The molecule has 0 saturated heterocycles. The minimum absolute atomic E-state index is 0.0394. The average molecular weight is 279 g/mol. The molecule has 0 amide bonds. The smallest absolute Gasteiger partial charge is 0.341 e. The van der Waals surface area contributed by atoms with Gasteiger partial charge in [0.1, 0.15) is 6.04 Å². The lowest BCUT2D eigenvalue weighted by atomic mass is 10.1. The van der Waals surface area contributed by atoms with Crippen molar-refractivity contribution >= 4 is 5.97 Å². The Labute approximate surface area is 120 Å². The van der Waals surface area contributed by atoms with Crippen molar-refractivity contribution in [3.05, 3.63) is 35.9 Å². The number of nitrogens with two attached hydrogens (primary N) is 2. The lowest BCUT2D eigenvalue weighted by molar-refractivity contribution is -0.154. The summed E-state index contributed by atoms with van der Waals surface area (Å²) in [6, 6.07) is 9.48. The molecular weight excluding hydrogens is 254 g/mol. The molecule has 20 heavy (non-hydrogen) atoms. The summed E-state index contributed by atoms with van der Waals surface area (Å²) in [7, 11) is 0. The van der Waals surface area contributed by atoms with Crippen LogP contribution in [0.1, 0.15) is 31.7 Å². The van der Waals surface area contributed by atoms with Gasteiger partial charge in [-0.2, -0.15) is 0 Å². The number of carbonyl (C=O) groups is 1. The molecule has 1 aromatic rings. The molecule has 1 rings (SSSR count). The third-order valence-electron chi connectivity index (χ3n) is 3.02. The van der Waals surface area contributed by atoms with Gasteiger partial charge in [-0.1, -0.05) is 36.8 Å². The van der Waals surface area contributed by atoms with E-state index in [-0.39, 0.29) is 6.04 Å². The van der Waals surface area contributed by atoms with E-state index in [2.05, 4.69) is 5.48 Å². The van der Waals surface area contributed by atoms with Gasteiger partial charge in [-0.05, 0) is 38.3 Å². The van der Waals surface area contributed by atoms with E-state index in [0.29, 0.717) is 13.0 Å². The van der Waals surface area contributed by atoms with E-state index in [1.165, 1.54) is 5.56 Å².